The van der Waals surface area contributed by atoms with Crippen molar-refractivity contribution in [3.8, 4) is 6.07 Å². The van der Waals surface area contributed by atoms with Crippen molar-refractivity contribution in [2.75, 3.05) is 7.11 Å². The van der Waals surface area contributed by atoms with Crippen molar-refractivity contribution in [3.05, 3.63) is 42.0 Å². The molecule has 1 rings (SSSR count). The molecule has 3 heteroatoms. The highest BCUT2D eigenvalue weighted by molar-refractivity contribution is 6.16. The molecule has 0 aliphatic heterocycles. The van der Waals surface area contributed by atoms with Crippen LogP contribution in [-0.2, 0) is 9.53 Å². The van der Waals surface area contributed by atoms with Crippen LogP contribution in [0.1, 0.15) is 11.1 Å². The molecule has 1 aromatic rings. The maximum absolute atomic E-state index is 11.1. The second kappa shape index (κ2) is 4.24. The topological polar surface area (TPSA) is 50.1 Å². The summed E-state index contributed by atoms with van der Waals surface area (Å²) in [5, 5.41) is 8.78. The Morgan fingerprint density at radius 2 is 2.14 bits per heavy atom. The van der Waals surface area contributed by atoms with Crippen molar-refractivity contribution in [2.24, 2.45) is 0 Å². The predicted molar refractivity (Wildman–Crippen MR) is 52.2 cm³/mol. The fourth-order valence-corrected chi connectivity index (χ4v) is 1.08. The standard InChI is InChI=1S/C11H9NO2/c1-8(11(13)14-2)10-6-4-3-5-9(10)7-12/h3-6H,1H2,2H3. The van der Waals surface area contributed by atoms with Crippen molar-refractivity contribution in [3.63, 3.8) is 0 Å². The van der Waals surface area contributed by atoms with Gasteiger partial charge in [0.1, 0.15) is 0 Å². The normalized spacial score (nSPS) is 8.86. The molecule has 70 valence electrons. The van der Waals surface area contributed by atoms with E-state index in [9.17, 15) is 4.79 Å². The van der Waals surface area contributed by atoms with Gasteiger partial charge in [0.05, 0.1) is 24.3 Å². The van der Waals surface area contributed by atoms with Gasteiger partial charge in [0.2, 0.25) is 0 Å². The second-order valence-electron chi connectivity index (χ2n) is 2.63. The van der Waals surface area contributed by atoms with Crippen LogP contribution in [0, 0.1) is 11.3 Å². The quantitative estimate of drug-likeness (QED) is 0.523. The van der Waals surface area contributed by atoms with E-state index in [4.69, 9.17) is 5.26 Å². The summed E-state index contributed by atoms with van der Waals surface area (Å²) in [6.07, 6.45) is 0. The lowest BCUT2D eigenvalue weighted by Crippen LogP contribution is -2.03. The minimum Gasteiger partial charge on any atom is -0.465 e. The van der Waals surface area contributed by atoms with Crippen molar-refractivity contribution in [2.45, 2.75) is 0 Å². The number of hydrogen-bond acceptors (Lipinski definition) is 3. The van der Waals surface area contributed by atoms with Gasteiger partial charge in [-0.25, -0.2) is 4.79 Å². The molecule has 0 aliphatic carbocycles. The summed E-state index contributed by atoms with van der Waals surface area (Å²) >= 11 is 0. The molecule has 0 fully saturated rings. The number of hydrogen-bond donors (Lipinski definition) is 0. The molecule has 0 saturated carbocycles. The minimum atomic E-state index is -0.521. The van der Waals surface area contributed by atoms with E-state index >= 15 is 0 Å². The number of carbonyl (C=O) groups is 1. The highest BCUT2D eigenvalue weighted by Crippen LogP contribution is 2.17. The number of esters is 1. The Morgan fingerprint density at radius 1 is 1.50 bits per heavy atom. The highest BCUT2D eigenvalue weighted by atomic mass is 16.5. The Bertz CT molecular complexity index is 416. The zero-order valence-electron chi connectivity index (χ0n) is 7.78. The van der Waals surface area contributed by atoms with Gasteiger partial charge in [0.25, 0.3) is 0 Å². The molecule has 0 bridgehead atoms. The lowest BCUT2D eigenvalue weighted by atomic mass is 10.0. The van der Waals surface area contributed by atoms with E-state index in [1.165, 1.54) is 7.11 Å². The van der Waals surface area contributed by atoms with Crippen LogP contribution in [0.15, 0.2) is 30.8 Å². The molecular weight excluding hydrogens is 178 g/mol. The van der Waals surface area contributed by atoms with Gasteiger partial charge in [-0.05, 0) is 6.07 Å². The largest absolute Gasteiger partial charge is 0.465 e. The van der Waals surface area contributed by atoms with Gasteiger partial charge in [0, 0.05) is 5.56 Å². The Balaban J connectivity index is 3.14. The van der Waals surface area contributed by atoms with Crippen LogP contribution in [0.4, 0.5) is 0 Å². The van der Waals surface area contributed by atoms with E-state index in [-0.39, 0.29) is 5.57 Å². The zero-order valence-corrected chi connectivity index (χ0v) is 7.78. The number of methoxy groups -OCH3 is 1. The third kappa shape index (κ3) is 1.80. The number of ether oxygens (including phenoxy) is 1. The molecule has 0 spiro atoms. The molecular formula is C11H9NO2. The van der Waals surface area contributed by atoms with Gasteiger partial charge < -0.3 is 4.74 Å². The van der Waals surface area contributed by atoms with Crippen LogP contribution in [0.2, 0.25) is 0 Å². The number of nitriles is 1. The molecule has 14 heavy (non-hydrogen) atoms. The van der Waals surface area contributed by atoms with E-state index < -0.39 is 5.97 Å². The van der Waals surface area contributed by atoms with Crippen LogP contribution < -0.4 is 0 Å². The van der Waals surface area contributed by atoms with E-state index in [0.29, 0.717) is 11.1 Å². The Morgan fingerprint density at radius 3 is 2.71 bits per heavy atom. The number of benzene rings is 1. The first-order chi connectivity index (χ1) is 6.70. The van der Waals surface area contributed by atoms with Crippen molar-refractivity contribution >= 4 is 11.5 Å². The summed E-state index contributed by atoms with van der Waals surface area (Å²) in [5.41, 5.74) is 1.13. The average Bonchev–Trinajstić information content (AvgIpc) is 2.26. The van der Waals surface area contributed by atoms with Crippen molar-refractivity contribution < 1.29 is 9.53 Å². The fourth-order valence-electron chi connectivity index (χ4n) is 1.08. The van der Waals surface area contributed by atoms with Crippen LogP contribution in [0.3, 0.4) is 0 Å². The van der Waals surface area contributed by atoms with Crippen LogP contribution in [0.25, 0.3) is 5.57 Å². The smallest absolute Gasteiger partial charge is 0.337 e. The van der Waals surface area contributed by atoms with E-state index in [1.807, 2.05) is 6.07 Å². The monoisotopic (exact) mass is 187 g/mol. The van der Waals surface area contributed by atoms with Gasteiger partial charge in [0.15, 0.2) is 0 Å². The maximum atomic E-state index is 11.1. The molecule has 0 atom stereocenters. The predicted octanol–water partition coefficient (Wildman–Crippen LogP) is 1.74. The molecule has 0 saturated heterocycles. The summed E-state index contributed by atoms with van der Waals surface area (Å²) in [5.74, 6) is -0.521. The summed E-state index contributed by atoms with van der Waals surface area (Å²) in [6.45, 7) is 3.58. The molecule has 1 aromatic carbocycles. The summed E-state index contributed by atoms with van der Waals surface area (Å²) in [6, 6.07) is 8.75. The third-order valence-corrected chi connectivity index (χ3v) is 1.80. The lowest BCUT2D eigenvalue weighted by Gasteiger charge is -2.04. The van der Waals surface area contributed by atoms with Gasteiger partial charge in [-0.1, -0.05) is 24.8 Å². The SMILES string of the molecule is C=C(C(=O)OC)c1ccccc1C#N. The first kappa shape index (κ1) is 10.0. The average molecular weight is 187 g/mol. The molecule has 0 aliphatic rings. The Labute approximate surface area is 82.2 Å². The summed E-state index contributed by atoms with van der Waals surface area (Å²) in [7, 11) is 1.28. The molecule has 0 radical (unpaired) electrons. The van der Waals surface area contributed by atoms with E-state index in [2.05, 4.69) is 11.3 Å². The van der Waals surface area contributed by atoms with Crippen molar-refractivity contribution in [1.82, 2.24) is 0 Å². The molecule has 0 aromatic heterocycles. The molecule has 0 amide bonds. The van der Waals surface area contributed by atoms with Crippen LogP contribution in [0.5, 0.6) is 0 Å². The maximum Gasteiger partial charge on any atom is 0.337 e. The van der Waals surface area contributed by atoms with Crippen LogP contribution in [-0.4, -0.2) is 13.1 Å². The fraction of sp³-hybridized carbons (Fsp3) is 0.0909. The highest BCUT2D eigenvalue weighted by Gasteiger charge is 2.12. The first-order valence-electron chi connectivity index (χ1n) is 3.97. The van der Waals surface area contributed by atoms with Crippen LogP contribution >= 0.6 is 0 Å². The van der Waals surface area contributed by atoms with Gasteiger partial charge in [-0.3, -0.25) is 0 Å². The minimum absolute atomic E-state index is 0.199. The molecule has 0 N–H and O–H groups in total. The second-order valence-corrected chi connectivity index (χ2v) is 2.63. The Kier molecular flexibility index (Phi) is 3.03. The summed E-state index contributed by atoms with van der Waals surface area (Å²) < 4.78 is 4.52. The first-order valence-corrected chi connectivity index (χ1v) is 3.97. The number of rotatable bonds is 2. The van der Waals surface area contributed by atoms with Gasteiger partial charge in [-0.15, -0.1) is 0 Å². The van der Waals surface area contributed by atoms with Crippen molar-refractivity contribution in [1.29, 1.82) is 5.26 Å². The lowest BCUT2D eigenvalue weighted by molar-refractivity contribution is -0.133. The molecule has 0 unspecified atom stereocenters. The zero-order chi connectivity index (χ0) is 10.6. The van der Waals surface area contributed by atoms with Gasteiger partial charge >= 0.3 is 5.97 Å². The van der Waals surface area contributed by atoms with Gasteiger partial charge in [-0.2, -0.15) is 5.26 Å². The Hall–Kier alpha value is -2.08. The molecule has 0 heterocycles. The summed E-state index contributed by atoms with van der Waals surface area (Å²) in [4.78, 5) is 11.1. The number of carbonyl (C=O) groups excluding carboxylic acids is 1. The van der Waals surface area contributed by atoms with E-state index in [1.54, 1.807) is 24.3 Å². The third-order valence-electron chi connectivity index (χ3n) is 1.80. The molecule has 3 nitrogen and oxygen atoms in total. The van der Waals surface area contributed by atoms with E-state index in [0.717, 1.165) is 0 Å². The number of nitrogens with zero attached hydrogens (tertiary/aromatic N) is 1.